The number of benzene rings is 2. The number of halogens is 1. The van der Waals surface area contributed by atoms with Crippen LogP contribution in [-0.2, 0) is 11.3 Å². The molecule has 0 fully saturated rings. The minimum Gasteiger partial charge on any atom is -0.398 e. The Morgan fingerprint density at radius 3 is 2.79 bits per heavy atom. The van der Waals surface area contributed by atoms with Gasteiger partial charge in [0.05, 0.1) is 10.7 Å². The molecule has 1 amide bonds. The molecule has 6 heteroatoms. The Labute approximate surface area is 145 Å². The van der Waals surface area contributed by atoms with Crippen molar-refractivity contribution in [2.45, 2.75) is 13.5 Å². The molecule has 122 valence electrons. The van der Waals surface area contributed by atoms with Crippen molar-refractivity contribution in [1.29, 1.82) is 5.26 Å². The first-order valence-corrected chi connectivity index (χ1v) is 7.63. The van der Waals surface area contributed by atoms with Gasteiger partial charge < -0.3 is 16.4 Å². The smallest absolute Gasteiger partial charge is 0.267 e. The molecule has 2 aromatic carbocycles. The summed E-state index contributed by atoms with van der Waals surface area (Å²) in [5.74, 6) is -0.518. The van der Waals surface area contributed by atoms with Crippen molar-refractivity contribution >= 4 is 28.9 Å². The number of nitrogens with two attached hydrogens (primary N) is 1. The van der Waals surface area contributed by atoms with E-state index < -0.39 is 5.91 Å². The van der Waals surface area contributed by atoms with E-state index in [1.807, 2.05) is 37.3 Å². The summed E-state index contributed by atoms with van der Waals surface area (Å²) < 4.78 is 0. The van der Waals surface area contributed by atoms with Crippen LogP contribution in [0.2, 0.25) is 5.02 Å². The van der Waals surface area contributed by atoms with Gasteiger partial charge in [-0.3, -0.25) is 4.79 Å². The number of nitrogens with zero attached hydrogens (tertiary/aromatic N) is 1. The van der Waals surface area contributed by atoms with Gasteiger partial charge in [-0.1, -0.05) is 41.4 Å². The van der Waals surface area contributed by atoms with Gasteiger partial charge in [-0.05, 0) is 30.7 Å². The number of carbonyl (C=O) groups is 1. The van der Waals surface area contributed by atoms with Crippen LogP contribution in [-0.4, -0.2) is 5.91 Å². The molecule has 0 bridgehead atoms. The van der Waals surface area contributed by atoms with E-state index in [9.17, 15) is 4.79 Å². The zero-order chi connectivity index (χ0) is 17.5. The maximum atomic E-state index is 12.1. The van der Waals surface area contributed by atoms with Crippen LogP contribution < -0.4 is 16.4 Å². The molecule has 0 radical (unpaired) electrons. The quantitative estimate of drug-likeness (QED) is 0.442. The van der Waals surface area contributed by atoms with Crippen molar-refractivity contribution in [2.75, 3.05) is 11.1 Å². The monoisotopic (exact) mass is 340 g/mol. The number of hydrogen-bond donors (Lipinski definition) is 3. The van der Waals surface area contributed by atoms with Crippen LogP contribution in [0.3, 0.4) is 0 Å². The van der Waals surface area contributed by atoms with Gasteiger partial charge in [-0.15, -0.1) is 0 Å². The summed E-state index contributed by atoms with van der Waals surface area (Å²) in [6.07, 6.45) is 1.40. The highest BCUT2D eigenvalue weighted by atomic mass is 35.5. The zero-order valence-electron chi connectivity index (χ0n) is 13.1. The summed E-state index contributed by atoms with van der Waals surface area (Å²) in [6.45, 7) is 2.53. The number of carbonyl (C=O) groups excluding carboxylic acids is 1. The van der Waals surface area contributed by atoms with Gasteiger partial charge in [0.15, 0.2) is 0 Å². The number of aryl methyl sites for hydroxylation is 1. The molecular weight excluding hydrogens is 324 g/mol. The molecule has 0 aromatic heterocycles. The molecule has 24 heavy (non-hydrogen) atoms. The van der Waals surface area contributed by atoms with Crippen LogP contribution in [0.25, 0.3) is 0 Å². The maximum absolute atomic E-state index is 12.1. The van der Waals surface area contributed by atoms with E-state index in [1.165, 1.54) is 12.3 Å². The minimum atomic E-state index is -0.518. The van der Waals surface area contributed by atoms with Crippen molar-refractivity contribution in [3.8, 4) is 6.07 Å². The Morgan fingerprint density at radius 1 is 1.33 bits per heavy atom. The topological polar surface area (TPSA) is 90.9 Å². The highest BCUT2D eigenvalue weighted by molar-refractivity contribution is 6.33. The van der Waals surface area contributed by atoms with Gasteiger partial charge in [-0.2, -0.15) is 5.26 Å². The standard InChI is InChI=1S/C18H17ClN4O/c1-12-3-2-4-13(7-12)10-22-11-14(9-20)18(24)23-15-5-6-17(21)16(19)8-15/h2-8,11,22H,10,21H2,1H3,(H,23,24)/b14-11-. The van der Waals surface area contributed by atoms with Gasteiger partial charge in [0, 0.05) is 18.4 Å². The van der Waals surface area contributed by atoms with Crippen molar-refractivity contribution in [3.63, 3.8) is 0 Å². The molecule has 0 saturated carbocycles. The van der Waals surface area contributed by atoms with E-state index in [-0.39, 0.29) is 5.57 Å². The first-order valence-electron chi connectivity index (χ1n) is 7.25. The number of anilines is 2. The maximum Gasteiger partial charge on any atom is 0.267 e. The Kier molecular flexibility index (Phi) is 5.83. The van der Waals surface area contributed by atoms with Gasteiger partial charge in [0.1, 0.15) is 11.6 Å². The Morgan fingerprint density at radius 2 is 2.12 bits per heavy atom. The molecular formula is C18H17ClN4O. The van der Waals surface area contributed by atoms with Gasteiger partial charge in [-0.25, -0.2) is 0 Å². The van der Waals surface area contributed by atoms with Crippen LogP contribution in [0.15, 0.2) is 54.2 Å². The lowest BCUT2D eigenvalue weighted by molar-refractivity contribution is -0.112. The summed E-state index contributed by atoms with van der Waals surface area (Å²) in [4.78, 5) is 12.1. The number of rotatable bonds is 5. The van der Waals surface area contributed by atoms with Crippen molar-refractivity contribution in [3.05, 3.63) is 70.4 Å². The highest BCUT2D eigenvalue weighted by Gasteiger charge is 2.10. The summed E-state index contributed by atoms with van der Waals surface area (Å²) in [5.41, 5.74) is 8.69. The third-order valence-electron chi connectivity index (χ3n) is 3.26. The van der Waals surface area contributed by atoms with E-state index in [4.69, 9.17) is 22.6 Å². The Balaban J connectivity index is 2.00. The number of nitrogen functional groups attached to an aromatic ring is 1. The molecule has 0 aliphatic rings. The SMILES string of the molecule is Cc1cccc(CN/C=C(/C#N)C(=O)Nc2ccc(N)c(Cl)c2)c1. The summed E-state index contributed by atoms with van der Waals surface area (Å²) in [5, 5.41) is 15.1. The fraction of sp³-hybridized carbons (Fsp3) is 0.111. The average Bonchev–Trinajstić information content (AvgIpc) is 2.55. The molecule has 0 atom stereocenters. The molecule has 0 aliphatic carbocycles. The van der Waals surface area contributed by atoms with Crippen molar-refractivity contribution in [1.82, 2.24) is 5.32 Å². The number of nitrogens with one attached hydrogen (secondary N) is 2. The molecule has 5 nitrogen and oxygen atoms in total. The van der Waals surface area contributed by atoms with Crippen LogP contribution >= 0.6 is 11.6 Å². The predicted octanol–water partition coefficient (Wildman–Crippen LogP) is 3.37. The fourth-order valence-electron chi connectivity index (χ4n) is 2.04. The molecule has 0 unspecified atom stereocenters. The van der Waals surface area contributed by atoms with Crippen molar-refractivity contribution in [2.24, 2.45) is 0 Å². The summed E-state index contributed by atoms with van der Waals surface area (Å²) >= 11 is 5.91. The van der Waals surface area contributed by atoms with Crippen LogP contribution in [0.1, 0.15) is 11.1 Å². The largest absolute Gasteiger partial charge is 0.398 e. The lowest BCUT2D eigenvalue weighted by atomic mass is 10.1. The molecule has 0 aliphatic heterocycles. The second-order valence-electron chi connectivity index (χ2n) is 5.23. The molecule has 4 N–H and O–H groups in total. The lowest BCUT2D eigenvalue weighted by Gasteiger charge is -2.07. The molecule has 0 spiro atoms. The first kappa shape index (κ1) is 17.4. The second kappa shape index (κ2) is 8.04. The molecule has 2 rings (SSSR count). The normalized spacial score (nSPS) is 10.8. The minimum absolute atomic E-state index is 0.0319. The van der Waals surface area contributed by atoms with Crippen molar-refractivity contribution < 1.29 is 4.79 Å². The third-order valence-corrected chi connectivity index (χ3v) is 3.59. The van der Waals surface area contributed by atoms with Gasteiger partial charge in [0.2, 0.25) is 0 Å². The number of hydrogen-bond acceptors (Lipinski definition) is 4. The predicted molar refractivity (Wildman–Crippen MR) is 96.2 cm³/mol. The third kappa shape index (κ3) is 4.77. The van der Waals surface area contributed by atoms with E-state index >= 15 is 0 Å². The first-order chi connectivity index (χ1) is 11.5. The number of nitriles is 1. The second-order valence-corrected chi connectivity index (χ2v) is 5.64. The Bertz CT molecular complexity index is 824. The van der Waals surface area contributed by atoms with E-state index in [2.05, 4.69) is 10.6 Å². The summed E-state index contributed by atoms with van der Waals surface area (Å²) in [7, 11) is 0. The average molecular weight is 341 g/mol. The van der Waals surface area contributed by atoms with Gasteiger partial charge in [0.25, 0.3) is 5.91 Å². The fourth-order valence-corrected chi connectivity index (χ4v) is 2.23. The molecule has 0 saturated heterocycles. The van der Waals surface area contributed by atoms with Crippen LogP contribution in [0, 0.1) is 18.3 Å². The number of amides is 1. The molecule has 2 aromatic rings. The highest BCUT2D eigenvalue weighted by Crippen LogP contribution is 2.22. The Hall–Kier alpha value is -2.97. The van der Waals surface area contributed by atoms with Crippen LogP contribution in [0.5, 0.6) is 0 Å². The molecule has 0 heterocycles. The zero-order valence-corrected chi connectivity index (χ0v) is 13.9. The van der Waals surface area contributed by atoms with Gasteiger partial charge >= 0.3 is 0 Å². The van der Waals surface area contributed by atoms with E-state index in [0.717, 1.165) is 11.1 Å². The van der Waals surface area contributed by atoms with Crippen LogP contribution in [0.4, 0.5) is 11.4 Å². The van der Waals surface area contributed by atoms with E-state index in [0.29, 0.717) is 22.9 Å². The van der Waals surface area contributed by atoms with E-state index in [1.54, 1.807) is 12.1 Å². The lowest BCUT2D eigenvalue weighted by Crippen LogP contribution is -2.16. The summed E-state index contributed by atoms with van der Waals surface area (Å²) in [6, 6.07) is 14.6.